The van der Waals surface area contributed by atoms with Crippen molar-refractivity contribution in [2.24, 2.45) is 0 Å². The number of non-ortho nitro benzene ring substituents is 1. The summed E-state index contributed by atoms with van der Waals surface area (Å²) >= 11 is 7.31. The summed E-state index contributed by atoms with van der Waals surface area (Å²) in [5.74, 6) is 0.511. The Morgan fingerprint density at radius 3 is 2.57 bits per heavy atom. The molecule has 8 heteroatoms. The number of carbonyl (C=O) groups excluding carboxylic acids is 1. The fourth-order valence-corrected chi connectivity index (χ4v) is 3.67. The van der Waals surface area contributed by atoms with Crippen LogP contribution in [-0.4, -0.2) is 10.8 Å². The van der Waals surface area contributed by atoms with E-state index in [-0.39, 0.29) is 16.6 Å². The van der Waals surface area contributed by atoms with Crippen LogP contribution in [0.25, 0.3) is 0 Å². The molecule has 144 valence electrons. The minimum Gasteiger partial charge on any atom is -0.488 e. The highest BCUT2D eigenvalue weighted by atomic mass is 35.5. The number of halogens is 1. The number of amides is 1. The van der Waals surface area contributed by atoms with Crippen LogP contribution in [0, 0.1) is 24.0 Å². The second-order valence-electron chi connectivity index (χ2n) is 6.20. The zero-order valence-corrected chi connectivity index (χ0v) is 16.8. The first-order chi connectivity index (χ1) is 13.3. The maximum absolute atomic E-state index is 12.4. The van der Waals surface area contributed by atoms with E-state index in [1.807, 2.05) is 37.4 Å². The molecule has 0 saturated carbocycles. The molecule has 0 aliphatic carbocycles. The fourth-order valence-electron chi connectivity index (χ4n) is 2.66. The van der Waals surface area contributed by atoms with E-state index < -0.39 is 4.92 Å². The van der Waals surface area contributed by atoms with E-state index in [9.17, 15) is 14.9 Å². The third-order valence-corrected chi connectivity index (χ3v) is 5.37. The summed E-state index contributed by atoms with van der Waals surface area (Å²) in [5, 5.41) is 15.4. The van der Waals surface area contributed by atoms with Crippen molar-refractivity contribution < 1.29 is 14.5 Å². The van der Waals surface area contributed by atoms with Crippen molar-refractivity contribution in [2.45, 2.75) is 20.5 Å². The maximum atomic E-state index is 12.4. The predicted octanol–water partition coefficient (Wildman–Crippen LogP) is 5.76. The van der Waals surface area contributed by atoms with Crippen LogP contribution in [-0.2, 0) is 6.61 Å². The van der Waals surface area contributed by atoms with Gasteiger partial charge in [-0.3, -0.25) is 14.9 Å². The molecule has 0 atom stereocenters. The van der Waals surface area contributed by atoms with Gasteiger partial charge in [-0.05, 0) is 42.5 Å². The lowest BCUT2D eigenvalue weighted by atomic mass is 10.1. The molecule has 0 aliphatic heterocycles. The lowest BCUT2D eigenvalue weighted by Gasteiger charge is -2.11. The second kappa shape index (κ2) is 8.41. The Balaban J connectivity index is 1.66. The topological polar surface area (TPSA) is 81.5 Å². The predicted molar refractivity (Wildman–Crippen MR) is 111 cm³/mol. The monoisotopic (exact) mass is 416 g/mol. The minimum atomic E-state index is -0.542. The van der Waals surface area contributed by atoms with Crippen LogP contribution in [0.4, 0.5) is 11.4 Å². The van der Waals surface area contributed by atoms with E-state index >= 15 is 0 Å². The van der Waals surface area contributed by atoms with E-state index in [2.05, 4.69) is 5.32 Å². The third-order valence-electron chi connectivity index (χ3n) is 4.08. The number of nitro benzene ring substituents is 1. The van der Waals surface area contributed by atoms with Gasteiger partial charge < -0.3 is 10.1 Å². The van der Waals surface area contributed by atoms with Gasteiger partial charge in [-0.1, -0.05) is 29.8 Å². The van der Waals surface area contributed by atoms with Gasteiger partial charge in [0.2, 0.25) is 0 Å². The number of thiophene rings is 1. The first-order valence-electron chi connectivity index (χ1n) is 8.37. The Bertz CT molecular complexity index is 1030. The van der Waals surface area contributed by atoms with Gasteiger partial charge in [0.25, 0.3) is 11.6 Å². The Kier molecular flexibility index (Phi) is 5.96. The molecule has 0 fully saturated rings. The van der Waals surface area contributed by atoms with Gasteiger partial charge in [-0.2, -0.15) is 0 Å². The average Bonchev–Trinajstić information content (AvgIpc) is 3.12. The van der Waals surface area contributed by atoms with Crippen molar-refractivity contribution in [1.82, 2.24) is 0 Å². The van der Waals surface area contributed by atoms with Crippen molar-refractivity contribution in [1.29, 1.82) is 0 Å². The third kappa shape index (κ3) is 4.49. The fraction of sp³-hybridized carbons (Fsp3) is 0.150. The summed E-state index contributed by atoms with van der Waals surface area (Å²) in [5.41, 5.74) is 3.18. The number of nitro groups is 1. The van der Waals surface area contributed by atoms with E-state index in [4.69, 9.17) is 16.3 Å². The number of nitrogens with zero attached hydrogens (tertiary/aromatic N) is 1. The van der Waals surface area contributed by atoms with Gasteiger partial charge >= 0.3 is 0 Å². The van der Waals surface area contributed by atoms with Crippen LogP contribution in [0.1, 0.15) is 26.4 Å². The number of benzene rings is 2. The van der Waals surface area contributed by atoms with Gasteiger partial charge in [0.15, 0.2) is 0 Å². The van der Waals surface area contributed by atoms with Crippen molar-refractivity contribution in [2.75, 3.05) is 5.32 Å². The molecule has 28 heavy (non-hydrogen) atoms. The number of rotatable bonds is 6. The minimum absolute atomic E-state index is 0.109. The van der Waals surface area contributed by atoms with Gasteiger partial charge in [-0.15, -0.1) is 11.3 Å². The first kappa shape index (κ1) is 19.9. The Labute approximate surface area is 170 Å². The Morgan fingerprint density at radius 1 is 1.21 bits per heavy atom. The molecule has 6 nitrogen and oxygen atoms in total. The van der Waals surface area contributed by atoms with Gasteiger partial charge in [-0.25, -0.2) is 0 Å². The summed E-state index contributed by atoms with van der Waals surface area (Å²) in [7, 11) is 0. The van der Waals surface area contributed by atoms with Crippen LogP contribution in [0.3, 0.4) is 0 Å². The van der Waals surface area contributed by atoms with E-state index in [1.165, 1.54) is 29.5 Å². The van der Waals surface area contributed by atoms with Crippen molar-refractivity contribution in [3.05, 3.63) is 84.5 Å². The number of para-hydroxylation sites is 1. The zero-order valence-electron chi connectivity index (χ0n) is 15.2. The molecule has 1 aromatic heterocycles. The van der Waals surface area contributed by atoms with Crippen molar-refractivity contribution in [3.63, 3.8) is 0 Å². The largest absolute Gasteiger partial charge is 0.488 e. The molecule has 0 spiro atoms. The number of ether oxygens (including phenoxy) is 1. The standard InChI is InChI=1S/C20H17ClN2O4S/c1-12-4-3-5-13(2)19(12)27-10-14-8-18(28-11-14)20(24)22-17-7-6-15(23(25)26)9-16(17)21/h3-9,11H,10H2,1-2H3,(H,22,24). The lowest BCUT2D eigenvalue weighted by Crippen LogP contribution is -2.10. The molecule has 0 unspecified atom stereocenters. The van der Waals surface area contributed by atoms with E-state index in [0.717, 1.165) is 22.4 Å². The smallest absolute Gasteiger partial charge is 0.271 e. The average molecular weight is 417 g/mol. The molecule has 1 heterocycles. The molecule has 0 radical (unpaired) electrons. The molecular formula is C20H17ClN2O4S. The molecule has 2 aromatic carbocycles. The summed E-state index contributed by atoms with van der Waals surface area (Å²) in [4.78, 5) is 23.2. The molecular weight excluding hydrogens is 400 g/mol. The molecule has 0 saturated heterocycles. The molecule has 0 aliphatic rings. The molecule has 1 amide bonds. The number of nitrogens with one attached hydrogen (secondary N) is 1. The number of hydrogen-bond acceptors (Lipinski definition) is 5. The zero-order chi connectivity index (χ0) is 20.3. The quantitative estimate of drug-likeness (QED) is 0.409. The van der Waals surface area contributed by atoms with E-state index in [0.29, 0.717) is 17.2 Å². The molecule has 1 N–H and O–H groups in total. The highest BCUT2D eigenvalue weighted by Gasteiger charge is 2.14. The van der Waals surface area contributed by atoms with Gasteiger partial charge in [0.1, 0.15) is 12.4 Å². The number of carbonyl (C=O) groups is 1. The number of aryl methyl sites for hydroxylation is 2. The van der Waals surface area contributed by atoms with Crippen molar-refractivity contribution in [3.8, 4) is 5.75 Å². The summed E-state index contributed by atoms with van der Waals surface area (Å²) < 4.78 is 5.91. The van der Waals surface area contributed by atoms with Crippen molar-refractivity contribution >= 4 is 40.2 Å². The SMILES string of the molecule is Cc1cccc(C)c1OCc1csc(C(=O)Nc2ccc([N+](=O)[O-])cc2Cl)c1. The molecule has 3 aromatic rings. The highest BCUT2D eigenvalue weighted by molar-refractivity contribution is 7.12. The van der Waals surface area contributed by atoms with Gasteiger partial charge in [0.05, 0.1) is 20.5 Å². The second-order valence-corrected chi connectivity index (χ2v) is 7.52. The lowest BCUT2D eigenvalue weighted by molar-refractivity contribution is -0.384. The van der Waals surface area contributed by atoms with Crippen LogP contribution in [0.5, 0.6) is 5.75 Å². The first-order valence-corrected chi connectivity index (χ1v) is 9.62. The van der Waals surface area contributed by atoms with Crippen LogP contribution in [0.2, 0.25) is 5.02 Å². The molecule has 3 rings (SSSR count). The normalized spacial score (nSPS) is 10.5. The van der Waals surface area contributed by atoms with Crippen LogP contribution < -0.4 is 10.1 Å². The van der Waals surface area contributed by atoms with E-state index in [1.54, 1.807) is 6.07 Å². The summed E-state index contributed by atoms with van der Waals surface area (Å²) in [6.07, 6.45) is 0. The number of anilines is 1. The summed E-state index contributed by atoms with van der Waals surface area (Å²) in [6.45, 7) is 4.33. The van der Waals surface area contributed by atoms with Gasteiger partial charge in [0, 0.05) is 17.7 Å². The summed E-state index contributed by atoms with van der Waals surface area (Å²) in [6, 6.07) is 11.6. The highest BCUT2D eigenvalue weighted by Crippen LogP contribution is 2.28. The van der Waals surface area contributed by atoms with Crippen LogP contribution in [0.15, 0.2) is 47.8 Å². The molecule has 0 bridgehead atoms. The number of hydrogen-bond donors (Lipinski definition) is 1. The maximum Gasteiger partial charge on any atom is 0.271 e. The Hall–Kier alpha value is -2.90. The van der Waals surface area contributed by atoms with Crippen LogP contribution >= 0.6 is 22.9 Å². The Morgan fingerprint density at radius 2 is 1.93 bits per heavy atom.